The first-order chi connectivity index (χ1) is 13.1. The van der Waals surface area contributed by atoms with Gasteiger partial charge in [-0.1, -0.05) is 13.8 Å². The molecule has 10 heteroatoms. The number of hydrogen-bond donors (Lipinski definition) is 2. The maximum absolute atomic E-state index is 13.1. The zero-order chi connectivity index (χ0) is 22.3. The van der Waals surface area contributed by atoms with Crippen LogP contribution in [0.1, 0.15) is 45.7 Å². The summed E-state index contributed by atoms with van der Waals surface area (Å²) >= 11 is 0. The van der Waals surface area contributed by atoms with Crippen molar-refractivity contribution in [2.45, 2.75) is 26.2 Å². The number of ketones is 1. The molecule has 0 aliphatic heterocycles. The van der Waals surface area contributed by atoms with E-state index in [-0.39, 0.29) is 11.6 Å². The van der Waals surface area contributed by atoms with Crippen molar-refractivity contribution >= 4 is 11.7 Å². The van der Waals surface area contributed by atoms with Crippen LogP contribution in [0.15, 0.2) is 30.3 Å². The number of nitrogens with two attached hydrogens (primary N) is 1. The van der Waals surface area contributed by atoms with Crippen LogP contribution in [-0.2, 0) is 12.4 Å². The zero-order valence-electron chi connectivity index (χ0n) is 15.1. The van der Waals surface area contributed by atoms with Gasteiger partial charge in [-0.2, -0.15) is 26.3 Å². The Morgan fingerprint density at radius 1 is 0.897 bits per heavy atom. The molecule has 2 aromatic carbocycles. The van der Waals surface area contributed by atoms with Crippen molar-refractivity contribution in [1.82, 2.24) is 0 Å². The molecule has 0 saturated heterocycles. The van der Waals surface area contributed by atoms with Gasteiger partial charge in [0.2, 0.25) is 0 Å². The Hall–Kier alpha value is -3.04. The van der Waals surface area contributed by atoms with Gasteiger partial charge < -0.3 is 10.8 Å². The number of hydrogen-bond acceptors (Lipinski definition) is 3. The summed E-state index contributed by atoms with van der Waals surface area (Å²) in [5.41, 5.74) is -0.0982. The second kappa shape index (κ2) is 7.41. The SMILES string of the molecule is CC(C)C(=O)c1cc(C(N)=O)c(O)c(-c2cc(C(F)(F)F)cc(C(F)(F)F)c2)c1. The van der Waals surface area contributed by atoms with Crippen LogP contribution in [0.25, 0.3) is 11.1 Å². The van der Waals surface area contributed by atoms with Crippen LogP contribution in [0.4, 0.5) is 26.3 Å². The summed E-state index contributed by atoms with van der Waals surface area (Å²) in [5, 5.41) is 10.3. The van der Waals surface area contributed by atoms with Gasteiger partial charge in [-0.3, -0.25) is 9.59 Å². The Morgan fingerprint density at radius 3 is 1.76 bits per heavy atom. The number of alkyl halides is 6. The van der Waals surface area contributed by atoms with Crippen LogP contribution in [0.2, 0.25) is 0 Å². The molecule has 0 saturated carbocycles. The molecule has 0 radical (unpaired) electrons. The van der Waals surface area contributed by atoms with E-state index in [1.54, 1.807) is 0 Å². The highest BCUT2D eigenvalue weighted by Gasteiger charge is 2.37. The molecular formula is C19H15F6NO3. The summed E-state index contributed by atoms with van der Waals surface area (Å²) in [6.45, 7) is 3.01. The summed E-state index contributed by atoms with van der Waals surface area (Å²) in [6, 6.07) is 2.58. The minimum atomic E-state index is -5.11. The van der Waals surface area contributed by atoms with E-state index in [1.165, 1.54) is 13.8 Å². The van der Waals surface area contributed by atoms with E-state index in [0.717, 1.165) is 12.1 Å². The summed E-state index contributed by atoms with van der Waals surface area (Å²) in [5.74, 6) is -3.27. The van der Waals surface area contributed by atoms with Crippen molar-refractivity contribution in [3.63, 3.8) is 0 Å². The number of rotatable bonds is 4. The highest BCUT2D eigenvalue weighted by atomic mass is 19.4. The number of carbonyl (C=O) groups excluding carboxylic acids is 2. The number of halogens is 6. The predicted molar refractivity (Wildman–Crippen MR) is 91.2 cm³/mol. The number of aromatic hydroxyl groups is 1. The molecule has 1 amide bonds. The fraction of sp³-hybridized carbons (Fsp3) is 0.263. The molecule has 0 aliphatic rings. The number of carbonyl (C=O) groups is 2. The van der Waals surface area contributed by atoms with E-state index < -0.39 is 63.5 Å². The summed E-state index contributed by atoms with van der Waals surface area (Å²) in [7, 11) is 0. The van der Waals surface area contributed by atoms with Crippen LogP contribution in [0, 0.1) is 5.92 Å². The van der Waals surface area contributed by atoms with Gasteiger partial charge >= 0.3 is 12.4 Å². The van der Waals surface area contributed by atoms with E-state index in [1.807, 2.05) is 0 Å². The highest BCUT2D eigenvalue weighted by Crippen LogP contribution is 2.41. The highest BCUT2D eigenvalue weighted by molar-refractivity contribution is 6.04. The molecule has 29 heavy (non-hydrogen) atoms. The van der Waals surface area contributed by atoms with Crippen molar-refractivity contribution in [3.8, 4) is 16.9 Å². The predicted octanol–water partition coefficient (Wildman–Crippen LogP) is 5.03. The molecule has 0 fully saturated rings. The Kier molecular flexibility index (Phi) is 5.69. The normalized spacial score (nSPS) is 12.3. The standard InChI is InChI=1S/C19H15F6NO3/c1-8(2)15(27)10-5-13(16(28)14(6-10)17(26)29)9-3-11(18(20,21)22)7-12(4-9)19(23,24)25/h3-8,28H,1-2H3,(H2,26,29). The van der Waals surface area contributed by atoms with Crippen molar-refractivity contribution in [3.05, 3.63) is 52.6 Å². The summed E-state index contributed by atoms with van der Waals surface area (Å²) < 4.78 is 78.7. The first kappa shape index (κ1) is 22.3. The second-order valence-corrected chi connectivity index (χ2v) is 6.60. The van der Waals surface area contributed by atoms with E-state index in [9.17, 15) is 41.0 Å². The second-order valence-electron chi connectivity index (χ2n) is 6.60. The minimum Gasteiger partial charge on any atom is -0.506 e. The maximum atomic E-state index is 13.1. The van der Waals surface area contributed by atoms with E-state index in [4.69, 9.17) is 5.73 Å². The van der Waals surface area contributed by atoms with Gasteiger partial charge in [0, 0.05) is 17.0 Å². The lowest BCUT2D eigenvalue weighted by atomic mass is 9.91. The van der Waals surface area contributed by atoms with Crippen LogP contribution < -0.4 is 5.73 Å². The summed E-state index contributed by atoms with van der Waals surface area (Å²) in [6.07, 6.45) is -10.2. The van der Waals surface area contributed by atoms with Crippen LogP contribution in [0.3, 0.4) is 0 Å². The lowest BCUT2D eigenvalue weighted by Crippen LogP contribution is -2.15. The third kappa shape index (κ3) is 4.69. The van der Waals surface area contributed by atoms with Gasteiger partial charge in [0.05, 0.1) is 16.7 Å². The number of Topliss-reactive ketones (excluding diaryl/α,β-unsaturated/α-hetero) is 1. The third-order valence-electron chi connectivity index (χ3n) is 4.08. The van der Waals surface area contributed by atoms with Crippen molar-refractivity contribution in [2.24, 2.45) is 11.7 Å². The molecule has 2 rings (SSSR count). The van der Waals surface area contributed by atoms with Gasteiger partial charge in [-0.05, 0) is 35.9 Å². The number of amides is 1. The first-order valence-electron chi connectivity index (χ1n) is 8.13. The van der Waals surface area contributed by atoms with Gasteiger partial charge in [-0.15, -0.1) is 0 Å². The maximum Gasteiger partial charge on any atom is 0.416 e. The van der Waals surface area contributed by atoms with Crippen molar-refractivity contribution in [1.29, 1.82) is 0 Å². The Balaban J connectivity index is 2.88. The molecule has 0 heterocycles. The topological polar surface area (TPSA) is 80.4 Å². The summed E-state index contributed by atoms with van der Waals surface area (Å²) in [4.78, 5) is 23.9. The number of primary amides is 1. The quantitative estimate of drug-likeness (QED) is 0.539. The van der Waals surface area contributed by atoms with Crippen LogP contribution in [-0.4, -0.2) is 16.8 Å². The Bertz CT molecular complexity index is 945. The average Bonchev–Trinajstić information content (AvgIpc) is 2.59. The smallest absolute Gasteiger partial charge is 0.416 e. The largest absolute Gasteiger partial charge is 0.506 e. The molecular weight excluding hydrogens is 404 g/mol. The Morgan fingerprint density at radius 2 is 1.38 bits per heavy atom. The first-order valence-corrected chi connectivity index (χ1v) is 8.13. The molecule has 0 atom stereocenters. The van der Waals surface area contributed by atoms with E-state index in [2.05, 4.69) is 0 Å². The molecule has 0 aromatic heterocycles. The minimum absolute atomic E-state index is 0.0708. The van der Waals surface area contributed by atoms with E-state index >= 15 is 0 Å². The number of benzene rings is 2. The molecule has 0 unspecified atom stereocenters. The van der Waals surface area contributed by atoms with Crippen LogP contribution in [0.5, 0.6) is 5.75 Å². The fourth-order valence-corrected chi connectivity index (χ4v) is 2.63. The molecule has 4 nitrogen and oxygen atoms in total. The van der Waals surface area contributed by atoms with Gasteiger partial charge in [0.1, 0.15) is 5.75 Å². The van der Waals surface area contributed by atoms with Crippen molar-refractivity contribution < 1.29 is 41.0 Å². The lowest BCUT2D eigenvalue weighted by Gasteiger charge is -2.17. The van der Waals surface area contributed by atoms with Gasteiger partial charge in [-0.25, -0.2) is 0 Å². The van der Waals surface area contributed by atoms with Gasteiger partial charge in [0.25, 0.3) is 5.91 Å². The molecule has 2 aromatic rings. The molecule has 0 bridgehead atoms. The number of phenols is 1. The Labute approximate surface area is 160 Å². The fourth-order valence-electron chi connectivity index (χ4n) is 2.63. The molecule has 156 valence electrons. The van der Waals surface area contributed by atoms with Crippen molar-refractivity contribution in [2.75, 3.05) is 0 Å². The molecule has 0 aliphatic carbocycles. The van der Waals surface area contributed by atoms with E-state index in [0.29, 0.717) is 12.1 Å². The van der Waals surface area contributed by atoms with Gasteiger partial charge in [0.15, 0.2) is 5.78 Å². The monoisotopic (exact) mass is 419 g/mol. The molecule has 0 spiro atoms. The molecule has 3 N–H and O–H groups in total. The third-order valence-corrected chi connectivity index (χ3v) is 4.08. The van der Waals surface area contributed by atoms with Crippen LogP contribution >= 0.6 is 0 Å². The average molecular weight is 419 g/mol. The lowest BCUT2D eigenvalue weighted by molar-refractivity contribution is -0.143. The zero-order valence-corrected chi connectivity index (χ0v) is 15.1.